The van der Waals surface area contributed by atoms with Crippen molar-refractivity contribution in [2.75, 3.05) is 13.1 Å². The van der Waals surface area contributed by atoms with Gasteiger partial charge in [-0.15, -0.1) is 0 Å². The van der Waals surface area contributed by atoms with Gasteiger partial charge in [-0.3, -0.25) is 9.67 Å². The summed E-state index contributed by atoms with van der Waals surface area (Å²) in [6, 6.07) is 12.5. The molecule has 2 aliphatic heterocycles. The number of nitrogens with zero attached hydrogens (tertiary/aromatic N) is 4. The molecule has 156 valence electrons. The largest absolute Gasteiger partial charge is 0.444 e. The van der Waals surface area contributed by atoms with Crippen LogP contribution in [-0.4, -0.2) is 44.4 Å². The SMILES string of the molecule is CC(C)(C)OC(=O)N1CCC2(CCCn3nc(-c4cnc5ccccc5c4)cc32)C1. The number of carbonyl (C=O) groups excluding carboxylic acids is 1. The maximum absolute atomic E-state index is 12.6. The fraction of sp³-hybridized carbons (Fsp3) is 0.458. The Hall–Kier alpha value is -2.89. The summed E-state index contributed by atoms with van der Waals surface area (Å²) in [6.07, 6.45) is 4.80. The highest BCUT2D eigenvalue weighted by molar-refractivity contribution is 5.82. The van der Waals surface area contributed by atoms with Crippen LogP contribution in [0.2, 0.25) is 0 Å². The molecule has 0 saturated carbocycles. The molecule has 2 aliphatic rings. The van der Waals surface area contributed by atoms with Crippen molar-refractivity contribution >= 4 is 17.0 Å². The molecular formula is C24H28N4O2. The van der Waals surface area contributed by atoms with Gasteiger partial charge >= 0.3 is 6.09 Å². The lowest BCUT2D eigenvalue weighted by atomic mass is 9.77. The number of likely N-dealkylation sites (tertiary alicyclic amines) is 1. The number of fused-ring (bicyclic) bond motifs is 3. The molecule has 4 heterocycles. The lowest BCUT2D eigenvalue weighted by molar-refractivity contribution is 0.0280. The molecule has 0 radical (unpaired) electrons. The van der Waals surface area contributed by atoms with E-state index in [0.717, 1.165) is 54.5 Å². The molecule has 5 rings (SSSR count). The minimum Gasteiger partial charge on any atom is -0.444 e. The first-order chi connectivity index (χ1) is 14.3. The van der Waals surface area contributed by atoms with Crippen molar-refractivity contribution in [2.45, 2.75) is 57.6 Å². The zero-order valence-electron chi connectivity index (χ0n) is 17.9. The summed E-state index contributed by atoms with van der Waals surface area (Å²) >= 11 is 0. The standard InChI is InChI=1S/C24H28N4O2/c1-23(2,3)30-22(29)27-12-10-24(16-27)9-6-11-28-21(24)14-20(26-28)18-13-17-7-4-5-8-19(17)25-15-18/h4-5,7-8,13-15H,6,9-12,16H2,1-3H3. The Balaban J connectivity index is 1.45. The maximum Gasteiger partial charge on any atom is 0.410 e. The Morgan fingerprint density at radius 1 is 1.13 bits per heavy atom. The van der Waals surface area contributed by atoms with E-state index < -0.39 is 5.60 Å². The Morgan fingerprint density at radius 2 is 1.97 bits per heavy atom. The molecule has 6 heteroatoms. The van der Waals surface area contributed by atoms with Crippen molar-refractivity contribution in [3.05, 3.63) is 48.3 Å². The van der Waals surface area contributed by atoms with Gasteiger partial charge in [0.1, 0.15) is 5.60 Å². The van der Waals surface area contributed by atoms with Crippen molar-refractivity contribution in [3.8, 4) is 11.3 Å². The maximum atomic E-state index is 12.6. The minimum atomic E-state index is -0.475. The topological polar surface area (TPSA) is 60.2 Å². The van der Waals surface area contributed by atoms with Gasteiger partial charge in [0.25, 0.3) is 0 Å². The fourth-order valence-electron chi connectivity index (χ4n) is 4.83. The molecular weight excluding hydrogens is 376 g/mol. The number of pyridine rings is 1. The van der Waals surface area contributed by atoms with Gasteiger partial charge in [0, 0.05) is 47.9 Å². The van der Waals surface area contributed by atoms with Crippen LogP contribution in [0.25, 0.3) is 22.2 Å². The second kappa shape index (κ2) is 6.83. The van der Waals surface area contributed by atoms with Crippen molar-refractivity contribution in [1.82, 2.24) is 19.7 Å². The first-order valence-electron chi connectivity index (χ1n) is 10.7. The average Bonchev–Trinajstić information content (AvgIpc) is 3.33. The highest BCUT2D eigenvalue weighted by Gasteiger charge is 2.46. The molecule has 1 spiro atoms. The van der Waals surface area contributed by atoms with Crippen molar-refractivity contribution in [3.63, 3.8) is 0 Å². The van der Waals surface area contributed by atoms with E-state index in [0.29, 0.717) is 6.54 Å². The number of aromatic nitrogens is 3. The molecule has 1 aromatic carbocycles. The Labute approximate surface area is 176 Å². The molecule has 1 saturated heterocycles. The second-order valence-corrected chi connectivity index (χ2v) is 9.59. The summed E-state index contributed by atoms with van der Waals surface area (Å²) in [5.74, 6) is 0. The van der Waals surface area contributed by atoms with Gasteiger partial charge in [0.05, 0.1) is 11.2 Å². The molecule has 30 heavy (non-hydrogen) atoms. The van der Waals surface area contributed by atoms with E-state index in [1.165, 1.54) is 5.69 Å². The van der Waals surface area contributed by atoms with Crippen LogP contribution in [0.15, 0.2) is 42.6 Å². The molecule has 2 aromatic heterocycles. The first kappa shape index (κ1) is 19.1. The average molecular weight is 405 g/mol. The number of rotatable bonds is 1. The van der Waals surface area contributed by atoms with E-state index in [4.69, 9.17) is 9.84 Å². The van der Waals surface area contributed by atoms with Crippen LogP contribution >= 0.6 is 0 Å². The minimum absolute atomic E-state index is 0.0370. The van der Waals surface area contributed by atoms with E-state index in [9.17, 15) is 4.79 Å². The van der Waals surface area contributed by atoms with E-state index in [2.05, 4.69) is 27.9 Å². The second-order valence-electron chi connectivity index (χ2n) is 9.59. The fourth-order valence-corrected chi connectivity index (χ4v) is 4.83. The smallest absolute Gasteiger partial charge is 0.410 e. The number of carbonyl (C=O) groups is 1. The van der Waals surface area contributed by atoms with Gasteiger partial charge in [-0.05, 0) is 58.2 Å². The van der Waals surface area contributed by atoms with E-state index >= 15 is 0 Å². The number of amides is 1. The van der Waals surface area contributed by atoms with E-state index in [-0.39, 0.29) is 11.5 Å². The van der Waals surface area contributed by atoms with E-state index in [1.807, 2.05) is 50.1 Å². The van der Waals surface area contributed by atoms with Crippen molar-refractivity contribution in [2.24, 2.45) is 0 Å². The predicted octanol–water partition coefficient (Wildman–Crippen LogP) is 4.77. The van der Waals surface area contributed by atoms with Gasteiger partial charge in [0.2, 0.25) is 0 Å². The summed E-state index contributed by atoms with van der Waals surface area (Å²) in [6.45, 7) is 8.09. The third-order valence-electron chi connectivity index (χ3n) is 6.24. The van der Waals surface area contributed by atoms with Crippen LogP contribution in [0.1, 0.15) is 45.7 Å². The Kier molecular flexibility index (Phi) is 4.34. The lowest BCUT2D eigenvalue weighted by Crippen LogP contribution is -2.40. The molecule has 1 unspecified atom stereocenters. The van der Waals surface area contributed by atoms with Crippen LogP contribution in [0, 0.1) is 0 Å². The summed E-state index contributed by atoms with van der Waals surface area (Å²) in [4.78, 5) is 19.1. The van der Waals surface area contributed by atoms with Crippen LogP contribution in [0.5, 0.6) is 0 Å². The molecule has 1 amide bonds. The number of ether oxygens (including phenoxy) is 1. The zero-order chi connectivity index (χ0) is 20.9. The first-order valence-corrected chi connectivity index (χ1v) is 10.7. The highest BCUT2D eigenvalue weighted by atomic mass is 16.6. The van der Waals surface area contributed by atoms with Gasteiger partial charge in [-0.1, -0.05) is 18.2 Å². The molecule has 0 aliphatic carbocycles. The molecule has 6 nitrogen and oxygen atoms in total. The number of hydrogen-bond donors (Lipinski definition) is 0. The third-order valence-corrected chi connectivity index (χ3v) is 6.24. The number of hydrogen-bond acceptors (Lipinski definition) is 4. The highest BCUT2D eigenvalue weighted by Crippen LogP contribution is 2.43. The quantitative estimate of drug-likeness (QED) is 0.586. The van der Waals surface area contributed by atoms with Gasteiger partial charge < -0.3 is 9.64 Å². The van der Waals surface area contributed by atoms with Gasteiger partial charge in [0.15, 0.2) is 0 Å². The summed E-state index contributed by atoms with van der Waals surface area (Å²) < 4.78 is 7.76. The van der Waals surface area contributed by atoms with E-state index in [1.54, 1.807) is 0 Å². The Bertz CT molecular complexity index is 1110. The molecule has 1 fully saturated rings. The zero-order valence-corrected chi connectivity index (χ0v) is 17.9. The Morgan fingerprint density at radius 3 is 2.80 bits per heavy atom. The van der Waals surface area contributed by atoms with Crippen LogP contribution < -0.4 is 0 Å². The van der Waals surface area contributed by atoms with Crippen LogP contribution in [0.3, 0.4) is 0 Å². The summed E-state index contributed by atoms with van der Waals surface area (Å²) in [5.41, 5.74) is 3.71. The van der Waals surface area contributed by atoms with Crippen molar-refractivity contribution in [1.29, 1.82) is 0 Å². The predicted molar refractivity (Wildman–Crippen MR) is 116 cm³/mol. The van der Waals surface area contributed by atoms with Crippen molar-refractivity contribution < 1.29 is 9.53 Å². The van der Waals surface area contributed by atoms with Crippen LogP contribution in [-0.2, 0) is 16.7 Å². The monoisotopic (exact) mass is 404 g/mol. The van der Waals surface area contributed by atoms with Gasteiger partial charge in [-0.2, -0.15) is 5.10 Å². The number of aryl methyl sites for hydroxylation is 1. The number of benzene rings is 1. The summed E-state index contributed by atoms with van der Waals surface area (Å²) in [5, 5.41) is 6.04. The normalized spacial score (nSPS) is 21.2. The molecule has 0 N–H and O–H groups in total. The van der Waals surface area contributed by atoms with Crippen LogP contribution in [0.4, 0.5) is 4.79 Å². The molecule has 1 atom stereocenters. The molecule has 0 bridgehead atoms. The summed E-state index contributed by atoms with van der Waals surface area (Å²) in [7, 11) is 0. The van der Waals surface area contributed by atoms with Gasteiger partial charge in [-0.25, -0.2) is 4.79 Å². The molecule has 3 aromatic rings. The lowest BCUT2D eigenvalue weighted by Gasteiger charge is -2.34. The number of para-hydroxylation sites is 1. The third kappa shape index (κ3) is 3.34.